The molecule has 0 radical (unpaired) electrons. The number of amides is 2. The van der Waals surface area contributed by atoms with Crippen LogP contribution < -0.4 is 5.32 Å². The van der Waals surface area contributed by atoms with E-state index in [9.17, 15) is 9.59 Å². The van der Waals surface area contributed by atoms with Crippen molar-refractivity contribution in [3.8, 4) is 0 Å². The third-order valence-corrected chi connectivity index (χ3v) is 8.68. The Morgan fingerprint density at radius 3 is 2.67 bits per heavy atom. The van der Waals surface area contributed by atoms with Crippen LogP contribution in [0.25, 0.3) is 11.6 Å². The number of hydrogen-bond donors (Lipinski definition) is 1. The zero-order chi connectivity index (χ0) is 30.1. The van der Waals surface area contributed by atoms with Gasteiger partial charge in [-0.1, -0.05) is 30.7 Å². The molecule has 43 heavy (non-hydrogen) atoms. The Hall–Kier alpha value is -3.89. The van der Waals surface area contributed by atoms with E-state index >= 15 is 0 Å². The van der Waals surface area contributed by atoms with Gasteiger partial charge in [-0.15, -0.1) is 0 Å². The predicted octanol–water partition coefficient (Wildman–Crippen LogP) is 5.60. The fourth-order valence-electron chi connectivity index (χ4n) is 5.85. The minimum atomic E-state index is -0.573. The summed E-state index contributed by atoms with van der Waals surface area (Å²) in [6, 6.07) is 9.09. The van der Waals surface area contributed by atoms with E-state index in [0.29, 0.717) is 37.8 Å². The highest BCUT2D eigenvalue weighted by atomic mass is 35.5. The highest BCUT2D eigenvalue weighted by Gasteiger charge is 2.43. The predicted molar refractivity (Wildman–Crippen MR) is 163 cm³/mol. The standard InChI is InChI=1S/C32H37ClN6O4/c1-4-16-42-31(41)39-14-12-38(13-15-39)29-23-8-7-22(33)18-24(23)25(17-21-6-5-11-35-27(21)29)28(26-19-34-20-37(26)3)36-30(40)43-32(2)9-10-32/h5-8,11,17-20,28-29H,4,9-10,12-16H2,1-3H3,(H,36,40). The highest BCUT2D eigenvalue weighted by Crippen LogP contribution is 2.45. The second kappa shape index (κ2) is 12.0. The summed E-state index contributed by atoms with van der Waals surface area (Å²) in [6.45, 7) is 6.74. The number of nitrogens with zero attached hydrogens (tertiary/aromatic N) is 5. The average Bonchev–Trinajstić information content (AvgIpc) is 3.61. The molecule has 6 rings (SSSR count). The van der Waals surface area contributed by atoms with Crippen LogP contribution in [0, 0.1) is 0 Å². The van der Waals surface area contributed by atoms with Gasteiger partial charge in [0.25, 0.3) is 0 Å². The molecule has 226 valence electrons. The van der Waals surface area contributed by atoms with Crippen molar-refractivity contribution in [1.82, 2.24) is 29.7 Å². The second-order valence-corrected chi connectivity index (χ2v) is 12.1. The summed E-state index contributed by atoms with van der Waals surface area (Å²) in [6.07, 6.45) is 9.12. The molecule has 2 amide bonds. The van der Waals surface area contributed by atoms with E-state index in [-0.39, 0.29) is 12.1 Å². The van der Waals surface area contributed by atoms with Crippen LogP contribution in [0.3, 0.4) is 0 Å². The minimum absolute atomic E-state index is 0.199. The Bertz CT molecular complexity index is 1540. The van der Waals surface area contributed by atoms with Gasteiger partial charge >= 0.3 is 12.2 Å². The van der Waals surface area contributed by atoms with Crippen LogP contribution in [-0.2, 0) is 16.5 Å². The zero-order valence-corrected chi connectivity index (χ0v) is 25.5. The first-order valence-corrected chi connectivity index (χ1v) is 15.2. The SMILES string of the molecule is CCCOC(=O)N1CCN(C2c3ccc(Cl)cc3C(C(NC(=O)OC3(C)CC3)c3cncn3C)=Cc3cccnc32)CC1. The van der Waals surface area contributed by atoms with Gasteiger partial charge in [0.05, 0.1) is 42.6 Å². The van der Waals surface area contributed by atoms with Crippen molar-refractivity contribution in [2.75, 3.05) is 32.8 Å². The number of aromatic nitrogens is 3. The van der Waals surface area contributed by atoms with Crippen LogP contribution in [0.1, 0.15) is 73.3 Å². The van der Waals surface area contributed by atoms with Crippen LogP contribution in [0.15, 0.2) is 49.1 Å². The lowest BCUT2D eigenvalue weighted by atomic mass is 9.90. The molecule has 11 heteroatoms. The molecule has 3 heterocycles. The van der Waals surface area contributed by atoms with E-state index in [1.54, 1.807) is 17.4 Å². The fraction of sp³-hybridized carbons (Fsp3) is 0.438. The number of carbonyl (C=O) groups excluding carboxylic acids is 2. The van der Waals surface area contributed by atoms with Gasteiger partial charge in [-0.3, -0.25) is 9.88 Å². The van der Waals surface area contributed by atoms with Crippen molar-refractivity contribution < 1.29 is 19.1 Å². The van der Waals surface area contributed by atoms with Crippen molar-refractivity contribution in [1.29, 1.82) is 0 Å². The molecule has 0 bridgehead atoms. The molecular formula is C32H37ClN6O4. The molecular weight excluding hydrogens is 568 g/mol. The van der Waals surface area contributed by atoms with E-state index in [1.165, 1.54) is 0 Å². The monoisotopic (exact) mass is 604 g/mol. The molecule has 1 saturated carbocycles. The van der Waals surface area contributed by atoms with Crippen LogP contribution >= 0.6 is 11.6 Å². The Morgan fingerprint density at radius 2 is 1.98 bits per heavy atom. The summed E-state index contributed by atoms with van der Waals surface area (Å²) in [4.78, 5) is 39.2. The number of benzene rings is 1. The number of rotatable bonds is 7. The lowest BCUT2D eigenvalue weighted by Gasteiger charge is -2.39. The summed E-state index contributed by atoms with van der Waals surface area (Å²) >= 11 is 6.65. The van der Waals surface area contributed by atoms with Crippen LogP contribution in [0.2, 0.25) is 5.02 Å². The van der Waals surface area contributed by atoms with Crippen LogP contribution in [-0.4, -0.2) is 74.9 Å². The first-order valence-electron chi connectivity index (χ1n) is 14.8. The molecule has 2 atom stereocenters. The van der Waals surface area contributed by atoms with Gasteiger partial charge in [0, 0.05) is 44.4 Å². The number of halogens is 1. The molecule has 2 aliphatic carbocycles. The Balaban J connectivity index is 1.40. The van der Waals surface area contributed by atoms with Crippen molar-refractivity contribution >= 4 is 35.4 Å². The quantitative estimate of drug-likeness (QED) is 0.375. The largest absolute Gasteiger partial charge is 0.449 e. The van der Waals surface area contributed by atoms with Gasteiger partial charge in [0.1, 0.15) is 5.60 Å². The number of imidazole rings is 1. The molecule has 1 saturated heterocycles. The van der Waals surface area contributed by atoms with Gasteiger partial charge in [-0.2, -0.15) is 0 Å². The van der Waals surface area contributed by atoms with Crippen LogP contribution in [0.5, 0.6) is 0 Å². The van der Waals surface area contributed by atoms with Crippen molar-refractivity contribution in [2.24, 2.45) is 7.05 Å². The number of ether oxygens (including phenoxy) is 2. The highest BCUT2D eigenvalue weighted by molar-refractivity contribution is 6.30. The summed E-state index contributed by atoms with van der Waals surface area (Å²) in [5.41, 5.74) is 5.01. The number of alkyl carbamates (subject to hydrolysis) is 1. The minimum Gasteiger partial charge on any atom is -0.449 e. The molecule has 1 N–H and O–H groups in total. The van der Waals surface area contributed by atoms with Gasteiger partial charge in [-0.05, 0) is 72.7 Å². The van der Waals surface area contributed by atoms with E-state index in [0.717, 1.165) is 52.9 Å². The smallest absolute Gasteiger partial charge is 0.409 e. The van der Waals surface area contributed by atoms with Crippen LogP contribution in [0.4, 0.5) is 9.59 Å². The lowest BCUT2D eigenvalue weighted by molar-refractivity contribution is 0.0681. The average molecular weight is 605 g/mol. The molecule has 2 aromatic heterocycles. The molecule has 10 nitrogen and oxygen atoms in total. The van der Waals surface area contributed by atoms with Gasteiger partial charge in [0.2, 0.25) is 0 Å². The van der Waals surface area contributed by atoms with E-state index in [1.807, 2.05) is 62.0 Å². The number of piperazine rings is 1. The number of carbonyl (C=O) groups is 2. The fourth-order valence-corrected chi connectivity index (χ4v) is 6.02. The van der Waals surface area contributed by atoms with Gasteiger partial charge in [-0.25, -0.2) is 14.6 Å². The summed E-state index contributed by atoms with van der Waals surface area (Å²) in [5, 5.41) is 3.74. The van der Waals surface area contributed by atoms with Crippen molar-refractivity contribution in [2.45, 2.75) is 50.8 Å². The van der Waals surface area contributed by atoms with E-state index in [4.69, 9.17) is 26.1 Å². The molecule has 1 aromatic carbocycles. The molecule has 3 aliphatic rings. The third-order valence-electron chi connectivity index (χ3n) is 8.45. The second-order valence-electron chi connectivity index (χ2n) is 11.7. The molecule has 0 spiro atoms. The van der Waals surface area contributed by atoms with E-state index < -0.39 is 17.7 Å². The molecule has 2 fully saturated rings. The third kappa shape index (κ3) is 6.12. The Morgan fingerprint density at radius 1 is 1.19 bits per heavy atom. The molecule has 3 aromatic rings. The van der Waals surface area contributed by atoms with Gasteiger partial charge in [0.15, 0.2) is 0 Å². The normalized spacial score (nSPS) is 19.8. The first-order chi connectivity index (χ1) is 20.8. The van der Waals surface area contributed by atoms with Gasteiger partial charge < -0.3 is 24.3 Å². The maximum Gasteiger partial charge on any atom is 0.409 e. The maximum atomic E-state index is 13.3. The Labute approximate surface area is 256 Å². The summed E-state index contributed by atoms with van der Waals surface area (Å²) in [7, 11) is 1.91. The maximum absolute atomic E-state index is 13.3. The molecule has 1 aliphatic heterocycles. The number of pyridine rings is 1. The lowest BCUT2D eigenvalue weighted by Crippen LogP contribution is -2.50. The Kier molecular flexibility index (Phi) is 8.15. The zero-order valence-electron chi connectivity index (χ0n) is 24.8. The number of aryl methyl sites for hydroxylation is 1. The van der Waals surface area contributed by atoms with Crippen molar-refractivity contribution in [3.63, 3.8) is 0 Å². The molecule has 2 unspecified atom stereocenters. The summed E-state index contributed by atoms with van der Waals surface area (Å²) < 4.78 is 13.1. The number of nitrogens with one attached hydrogen (secondary N) is 1. The first kappa shape index (κ1) is 29.2. The van der Waals surface area contributed by atoms with Crippen molar-refractivity contribution in [3.05, 3.63) is 82.2 Å². The van der Waals surface area contributed by atoms with E-state index in [2.05, 4.69) is 21.3 Å². The summed E-state index contributed by atoms with van der Waals surface area (Å²) in [5.74, 6) is 0. The topological polar surface area (TPSA) is 102 Å². The number of fused-ring (bicyclic) bond motifs is 2. The number of hydrogen-bond acceptors (Lipinski definition) is 7.